The summed E-state index contributed by atoms with van der Waals surface area (Å²) >= 11 is 0.575. The number of alkyl halides is 2. The van der Waals surface area contributed by atoms with Crippen molar-refractivity contribution in [3.8, 4) is 5.75 Å². The molecular formula is C29H33F2N7O14P2S. The molecule has 0 aliphatic carbocycles. The van der Waals surface area contributed by atoms with Crippen molar-refractivity contribution in [2.24, 2.45) is 0 Å². The first-order chi connectivity index (χ1) is 26.2. The Labute approximate surface area is 312 Å². The number of halogens is 2. The average Bonchev–Trinajstić information content (AvgIpc) is 3.71. The van der Waals surface area contributed by atoms with E-state index in [0.29, 0.717) is 21.5 Å². The molecule has 21 nitrogen and oxygen atoms in total. The first-order valence-corrected chi connectivity index (χ1v) is 20.5. The summed E-state index contributed by atoms with van der Waals surface area (Å²) in [6.07, 6.45) is -10.7. The number of nitrogens with one attached hydrogen (secondary N) is 1. The Balaban J connectivity index is 1.40. The van der Waals surface area contributed by atoms with Gasteiger partial charge in [-0.25, -0.2) is 42.5 Å². The van der Waals surface area contributed by atoms with Crippen molar-refractivity contribution in [1.82, 2.24) is 29.1 Å². The van der Waals surface area contributed by atoms with E-state index in [2.05, 4.69) is 19.8 Å². The van der Waals surface area contributed by atoms with Crippen molar-refractivity contribution in [3.63, 3.8) is 0 Å². The van der Waals surface area contributed by atoms with Crippen LogP contribution in [0.1, 0.15) is 24.9 Å². The highest BCUT2D eigenvalue weighted by Gasteiger charge is 2.53. The van der Waals surface area contributed by atoms with Crippen LogP contribution >= 0.6 is 26.0 Å². The number of H-pyrrole nitrogens is 1. The Hall–Kier alpha value is -3.93. The van der Waals surface area contributed by atoms with Gasteiger partial charge in [-0.1, -0.05) is 12.1 Å². The maximum absolute atomic E-state index is 16.8. The zero-order valence-corrected chi connectivity index (χ0v) is 31.5. The van der Waals surface area contributed by atoms with Crippen LogP contribution in [0.25, 0.3) is 11.2 Å². The number of carbonyl (C=O) groups is 1. The minimum atomic E-state index is -5.08. The Morgan fingerprint density at radius 3 is 2.47 bits per heavy atom. The molecule has 4 aromatic rings. The van der Waals surface area contributed by atoms with Gasteiger partial charge in [0.15, 0.2) is 36.3 Å². The van der Waals surface area contributed by atoms with Crippen LogP contribution in [-0.4, -0.2) is 93.1 Å². The van der Waals surface area contributed by atoms with Crippen LogP contribution in [0.15, 0.2) is 58.8 Å². The van der Waals surface area contributed by atoms with Gasteiger partial charge in [-0.15, -0.1) is 4.67 Å². The Bertz CT molecular complexity index is 2210. The number of carbonyl (C=O) groups excluding carboxylic acids is 1. The van der Waals surface area contributed by atoms with E-state index in [1.807, 2.05) is 4.98 Å². The topological polar surface area (TPSA) is 259 Å². The molecule has 2 fully saturated rings. The summed E-state index contributed by atoms with van der Waals surface area (Å²) in [7, 11) is -3.03. The predicted molar refractivity (Wildman–Crippen MR) is 185 cm³/mol. The van der Waals surface area contributed by atoms with Crippen LogP contribution in [-0.2, 0) is 56.8 Å². The molecule has 26 heteroatoms. The standard InChI is InChI=1S/C29H33F2N7O14P2S/c1-15(39)48-17-6-4-16(5-7-17)12-55-54(43)47-10-18(44-2)21(30)28(38-14-35-23-25(32)33-13-34-26(23)38)51-53(42,52-45-3)46-11-19-24(50-54)22(31)27(49-19)37-9-8-20(40)36-29(37)41/h4-9,13-14,18-19,21-22,24,27-28H,10-12H2,1-3H3,(H2,32,33,34)(H,36,40,41)/t18-,19-,21-,22-,24-,27-,28+,53?,54?/m1/s1. The predicted octanol–water partition coefficient (Wildman–Crippen LogP) is 3.15. The molecule has 0 radical (unpaired) electrons. The maximum Gasteiger partial charge on any atom is 0.504 e. The first kappa shape index (κ1) is 40.7. The summed E-state index contributed by atoms with van der Waals surface area (Å²) < 4.78 is 107. The lowest BCUT2D eigenvalue weighted by Crippen LogP contribution is -2.37. The minimum absolute atomic E-state index is 0.0183. The highest BCUT2D eigenvalue weighted by Crippen LogP contribution is 2.64. The fourth-order valence-electron chi connectivity index (χ4n) is 5.44. The van der Waals surface area contributed by atoms with E-state index in [4.69, 9.17) is 42.7 Å². The normalized spacial score (nSPS) is 30.5. The SMILES string of the molecule is COOP1(=O)OC[C@H]2O[C@@H](n3ccc(=O)[nH]c3=O)[C@H](F)[C@@H]2OP(=O)(SCc2ccc(OC(C)=O)cc2)OC[C@@H](OC)[C@@H](F)[C@@H](n2cnc3c(N)ncnc32)O1. The van der Waals surface area contributed by atoms with Crippen LogP contribution in [0.5, 0.6) is 5.75 Å². The highest BCUT2D eigenvalue weighted by atomic mass is 32.7. The number of esters is 1. The van der Waals surface area contributed by atoms with Gasteiger partial charge >= 0.3 is 26.3 Å². The third-order valence-corrected chi connectivity index (χ3v) is 12.9. The Morgan fingerprint density at radius 1 is 1.02 bits per heavy atom. The van der Waals surface area contributed by atoms with Crippen LogP contribution in [0.3, 0.4) is 0 Å². The number of anilines is 1. The number of aromatic nitrogens is 6. The number of phosphoric ester groups is 1. The molecule has 6 rings (SSSR count). The number of nitrogens with zero attached hydrogens (tertiary/aromatic N) is 5. The Kier molecular flexibility index (Phi) is 12.6. The number of nitrogen functional groups attached to an aromatic ring is 1. The second kappa shape index (κ2) is 17.1. The van der Waals surface area contributed by atoms with Crippen LogP contribution in [0.4, 0.5) is 14.6 Å². The van der Waals surface area contributed by atoms with Gasteiger partial charge in [-0.2, -0.15) is 0 Å². The van der Waals surface area contributed by atoms with Crippen LogP contribution in [0.2, 0.25) is 0 Å². The fraction of sp³-hybridized carbons (Fsp3) is 0.448. The molecule has 0 saturated carbocycles. The molecule has 2 aliphatic heterocycles. The van der Waals surface area contributed by atoms with Crippen molar-refractivity contribution >= 4 is 49.0 Å². The van der Waals surface area contributed by atoms with Gasteiger partial charge in [0.25, 0.3) is 5.56 Å². The molecule has 298 valence electrons. The molecule has 2 saturated heterocycles. The summed E-state index contributed by atoms with van der Waals surface area (Å²) in [4.78, 5) is 54.4. The molecule has 55 heavy (non-hydrogen) atoms. The van der Waals surface area contributed by atoms with E-state index in [-0.39, 0.29) is 28.5 Å². The summed E-state index contributed by atoms with van der Waals surface area (Å²) in [6, 6.07) is 7.01. The molecular weight excluding hydrogens is 802 g/mol. The summed E-state index contributed by atoms with van der Waals surface area (Å²) in [5.41, 5.74) is 4.54. The van der Waals surface area contributed by atoms with E-state index >= 15 is 8.78 Å². The molecule has 0 bridgehead atoms. The second-order valence-electron chi connectivity index (χ2n) is 11.6. The molecule has 0 amide bonds. The van der Waals surface area contributed by atoms with E-state index in [1.165, 1.54) is 19.1 Å². The number of aromatic amines is 1. The van der Waals surface area contributed by atoms with Crippen molar-refractivity contribution in [3.05, 3.63) is 75.6 Å². The molecule has 2 unspecified atom stereocenters. The van der Waals surface area contributed by atoms with E-state index in [9.17, 15) is 23.5 Å². The lowest BCUT2D eigenvalue weighted by atomic mass is 10.1. The smallest absolute Gasteiger partial charge is 0.427 e. The number of fused-ring (bicyclic) bond motifs is 2. The highest BCUT2D eigenvalue weighted by molar-refractivity contribution is 8.54. The van der Waals surface area contributed by atoms with Gasteiger partial charge in [0.1, 0.15) is 35.9 Å². The van der Waals surface area contributed by atoms with Gasteiger partial charge in [-0.05, 0) is 29.1 Å². The lowest BCUT2D eigenvalue weighted by molar-refractivity contribution is -0.211. The number of nitrogens with two attached hydrogens (primary N) is 1. The lowest BCUT2D eigenvalue weighted by Gasteiger charge is -2.30. The first-order valence-electron chi connectivity index (χ1n) is 15.9. The molecule has 5 heterocycles. The van der Waals surface area contributed by atoms with E-state index < -0.39 is 88.2 Å². The Morgan fingerprint density at radius 2 is 1.78 bits per heavy atom. The zero-order chi connectivity index (χ0) is 39.5. The van der Waals surface area contributed by atoms with Gasteiger partial charge < -0.3 is 19.9 Å². The van der Waals surface area contributed by atoms with Gasteiger partial charge in [0, 0.05) is 32.0 Å². The number of benzene rings is 1. The number of methoxy groups -OCH3 is 1. The molecule has 2 aliphatic rings. The fourth-order valence-corrected chi connectivity index (χ4v) is 9.96. The number of imidazole rings is 1. The average molecular weight is 836 g/mol. The third-order valence-electron chi connectivity index (χ3n) is 8.01. The van der Waals surface area contributed by atoms with Crippen molar-refractivity contribution in [2.75, 3.05) is 33.2 Å². The van der Waals surface area contributed by atoms with Gasteiger partial charge in [0.2, 0.25) is 0 Å². The number of rotatable bonds is 9. The summed E-state index contributed by atoms with van der Waals surface area (Å²) in [5, 5.41) is 0. The zero-order valence-electron chi connectivity index (χ0n) is 28.9. The largest absolute Gasteiger partial charge is 0.504 e. The molecule has 1 aromatic carbocycles. The van der Waals surface area contributed by atoms with Crippen LogP contribution in [0, 0.1) is 0 Å². The van der Waals surface area contributed by atoms with E-state index in [0.717, 1.165) is 43.7 Å². The van der Waals surface area contributed by atoms with Crippen molar-refractivity contribution < 1.29 is 64.6 Å². The monoisotopic (exact) mass is 835 g/mol. The molecule has 3 N–H and O–H groups in total. The molecule has 0 spiro atoms. The number of phosphoric acid groups is 1. The second-order valence-corrected chi connectivity index (χ2v) is 17.2. The van der Waals surface area contributed by atoms with Crippen molar-refractivity contribution in [1.29, 1.82) is 0 Å². The van der Waals surface area contributed by atoms with Gasteiger partial charge in [0.05, 0.1) is 26.7 Å². The summed E-state index contributed by atoms with van der Waals surface area (Å²) in [6.45, 7) is -5.17. The minimum Gasteiger partial charge on any atom is -0.427 e. The maximum atomic E-state index is 16.8. The van der Waals surface area contributed by atoms with Crippen LogP contribution < -0.4 is 21.7 Å². The molecule has 9 atom stereocenters. The van der Waals surface area contributed by atoms with E-state index in [1.54, 1.807) is 12.1 Å². The summed E-state index contributed by atoms with van der Waals surface area (Å²) in [5.74, 6) is -0.498. The molecule has 3 aromatic heterocycles. The number of hydrogen-bond donors (Lipinski definition) is 2. The van der Waals surface area contributed by atoms with Crippen molar-refractivity contribution in [2.45, 2.75) is 55.8 Å². The number of ether oxygens (including phenoxy) is 3. The third kappa shape index (κ3) is 9.21. The van der Waals surface area contributed by atoms with Gasteiger partial charge in [-0.3, -0.25) is 41.8 Å². The quantitative estimate of drug-likeness (QED) is 0.0807. The number of hydrogen-bond acceptors (Lipinski definition) is 19.